The largest absolute Gasteiger partial charge is 0.376 e. The second kappa shape index (κ2) is 14.1. The van der Waals surface area contributed by atoms with Gasteiger partial charge in [0.25, 0.3) is 0 Å². The molecule has 0 aromatic carbocycles. The minimum Gasteiger partial charge on any atom is -0.376 e. The second-order valence-electron chi connectivity index (χ2n) is 5.84. The molecular formula is C17H37NO3. The molecule has 0 aliphatic rings. The highest BCUT2D eigenvalue weighted by atomic mass is 16.5. The molecule has 1 N–H and O–H groups in total. The van der Waals surface area contributed by atoms with Gasteiger partial charge in [-0.05, 0) is 48.0 Å². The maximum atomic E-state index is 11.0. The zero-order valence-corrected chi connectivity index (χ0v) is 15.6. The molecule has 0 unspecified atom stereocenters. The number of hydrogen-bond donors (Lipinski definition) is 1. The Balaban J connectivity index is -0.000000569. The van der Waals surface area contributed by atoms with Gasteiger partial charge in [-0.3, -0.25) is 4.79 Å². The fraction of sp³-hybridized carbons (Fsp3) is 0.824. The van der Waals surface area contributed by atoms with Crippen LogP contribution in [0.2, 0.25) is 0 Å². The van der Waals surface area contributed by atoms with Crippen molar-refractivity contribution in [1.29, 1.82) is 0 Å². The standard InChI is InChI=1S/C12H25NO3.C3H6.C2H6/c1-11(2,3)15-8-7-12(4,5)16-9-10(14)13-6;1-3-2;1-2/h7-9H2,1-6H3,(H,13,14);3H,1H2,2H3;1-2H3. The van der Waals surface area contributed by atoms with Crippen molar-refractivity contribution in [3.8, 4) is 0 Å². The fourth-order valence-electron chi connectivity index (χ4n) is 1.01. The zero-order valence-electron chi connectivity index (χ0n) is 15.6. The normalized spacial score (nSPS) is 10.5. The summed E-state index contributed by atoms with van der Waals surface area (Å²) in [7, 11) is 1.60. The van der Waals surface area contributed by atoms with Gasteiger partial charge in [-0.1, -0.05) is 19.9 Å². The van der Waals surface area contributed by atoms with E-state index in [1.54, 1.807) is 13.1 Å². The SMILES string of the molecule is C=CC.CC.CNC(=O)COC(C)(C)CCOC(C)(C)C. The number of ether oxygens (including phenoxy) is 2. The average Bonchev–Trinajstić information content (AvgIpc) is 2.37. The molecule has 1 amide bonds. The Morgan fingerprint density at radius 2 is 1.57 bits per heavy atom. The molecule has 0 radical (unpaired) electrons. The van der Waals surface area contributed by atoms with Crippen molar-refractivity contribution >= 4 is 5.91 Å². The number of allylic oxidation sites excluding steroid dienone is 1. The topological polar surface area (TPSA) is 47.6 Å². The Kier molecular flexibility index (Phi) is 16.8. The highest BCUT2D eigenvalue weighted by molar-refractivity contribution is 5.76. The van der Waals surface area contributed by atoms with Gasteiger partial charge in [-0.25, -0.2) is 0 Å². The van der Waals surface area contributed by atoms with Gasteiger partial charge >= 0.3 is 0 Å². The van der Waals surface area contributed by atoms with Gasteiger partial charge in [0.05, 0.1) is 11.2 Å². The van der Waals surface area contributed by atoms with Crippen molar-refractivity contribution in [2.45, 2.75) is 73.0 Å². The molecule has 0 atom stereocenters. The zero-order chi connectivity index (χ0) is 17.5. The van der Waals surface area contributed by atoms with E-state index < -0.39 is 0 Å². The first-order valence-corrected chi connectivity index (χ1v) is 7.63. The third-order valence-electron chi connectivity index (χ3n) is 2.11. The number of nitrogens with one attached hydrogen (secondary N) is 1. The van der Waals surface area contributed by atoms with Crippen LogP contribution in [0.5, 0.6) is 0 Å². The second-order valence-corrected chi connectivity index (χ2v) is 5.84. The van der Waals surface area contributed by atoms with E-state index in [0.717, 1.165) is 6.42 Å². The van der Waals surface area contributed by atoms with Crippen LogP contribution < -0.4 is 5.32 Å². The Bertz CT molecular complexity index is 255. The molecule has 4 heteroatoms. The molecule has 128 valence electrons. The number of carbonyl (C=O) groups is 1. The van der Waals surface area contributed by atoms with Gasteiger partial charge < -0.3 is 14.8 Å². The van der Waals surface area contributed by atoms with Crippen LogP contribution in [0.1, 0.15) is 61.8 Å². The highest BCUT2D eigenvalue weighted by Gasteiger charge is 2.21. The summed E-state index contributed by atoms with van der Waals surface area (Å²) in [6.45, 7) is 20.0. The summed E-state index contributed by atoms with van der Waals surface area (Å²) < 4.78 is 11.1. The fourth-order valence-corrected chi connectivity index (χ4v) is 1.01. The summed E-state index contributed by atoms with van der Waals surface area (Å²) >= 11 is 0. The van der Waals surface area contributed by atoms with E-state index >= 15 is 0 Å². The lowest BCUT2D eigenvalue weighted by atomic mass is 10.1. The lowest BCUT2D eigenvalue weighted by Crippen LogP contribution is -2.33. The van der Waals surface area contributed by atoms with Crippen molar-refractivity contribution < 1.29 is 14.3 Å². The Labute approximate surface area is 132 Å². The van der Waals surface area contributed by atoms with E-state index in [1.165, 1.54) is 0 Å². The number of likely N-dealkylation sites (N-methyl/N-ethyl adjacent to an activating group) is 1. The molecule has 0 aliphatic heterocycles. The number of hydrogen-bond acceptors (Lipinski definition) is 3. The summed E-state index contributed by atoms with van der Waals surface area (Å²) in [5, 5.41) is 2.52. The number of amides is 1. The van der Waals surface area contributed by atoms with Crippen LogP contribution in [0, 0.1) is 0 Å². The quantitative estimate of drug-likeness (QED) is 0.756. The molecule has 0 aliphatic carbocycles. The van der Waals surface area contributed by atoms with Crippen LogP contribution in [0.3, 0.4) is 0 Å². The lowest BCUT2D eigenvalue weighted by Gasteiger charge is -2.27. The predicted molar refractivity (Wildman–Crippen MR) is 91.6 cm³/mol. The van der Waals surface area contributed by atoms with Gasteiger partial charge in [0, 0.05) is 13.7 Å². The first kappa shape index (κ1) is 25.1. The lowest BCUT2D eigenvalue weighted by molar-refractivity contribution is -0.133. The summed E-state index contributed by atoms with van der Waals surface area (Å²) in [6.07, 6.45) is 2.52. The minimum atomic E-state index is -0.336. The predicted octanol–water partition coefficient (Wildman–Crippen LogP) is 3.95. The Morgan fingerprint density at radius 3 is 1.90 bits per heavy atom. The highest BCUT2D eigenvalue weighted by Crippen LogP contribution is 2.16. The third-order valence-corrected chi connectivity index (χ3v) is 2.11. The van der Waals surface area contributed by atoms with Crippen molar-refractivity contribution in [1.82, 2.24) is 5.32 Å². The monoisotopic (exact) mass is 303 g/mol. The molecule has 0 rings (SSSR count). The van der Waals surface area contributed by atoms with E-state index in [-0.39, 0.29) is 23.7 Å². The molecule has 0 heterocycles. The smallest absolute Gasteiger partial charge is 0.245 e. The van der Waals surface area contributed by atoms with Crippen LogP contribution in [0.15, 0.2) is 12.7 Å². The minimum absolute atomic E-state index is 0.0962. The average molecular weight is 303 g/mol. The van der Waals surface area contributed by atoms with Gasteiger partial charge in [-0.15, -0.1) is 6.58 Å². The molecule has 0 saturated heterocycles. The molecule has 0 bridgehead atoms. The van der Waals surface area contributed by atoms with E-state index in [0.29, 0.717) is 6.61 Å². The van der Waals surface area contributed by atoms with E-state index in [9.17, 15) is 4.79 Å². The summed E-state index contributed by atoms with van der Waals surface area (Å²) in [5.41, 5.74) is -0.464. The number of rotatable bonds is 6. The number of carbonyl (C=O) groups excluding carboxylic acids is 1. The summed E-state index contributed by atoms with van der Waals surface area (Å²) in [5.74, 6) is -0.107. The van der Waals surface area contributed by atoms with Crippen molar-refractivity contribution in [3.05, 3.63) is 12.7 Å². The molecule has 0 fully saturated rings. The van der Waals surface area contributed by atoms with Crippen molar-refractivity contribution in [3.63, 3.8) is 0 Å². The third kappa shape index (κ3) is 24.5. The first-order chi connectivity index (χ1) is 9.58. The van der Waals surface area contributed by atoms with Crippen LogP contribution >= 0.6 is 0 Å². The van der Waals surface area contributed by atoms with E-state index in [4.69, 9.17) is 9.47 Å². The Morgan fingerprint density at radius 1 is 1.14 bits per heavy atom. The summed E-state index contributed by atoms with van der Waals surface area (Å²) in [4.78, 5) is 11.0. The van der Waals surface area contributed by atoms with Crippen LogP contribution in [-0.4, -0.2) is 37.4 Å². The van der Waals surface area contributed by atoms with Gasteiger partial charge in [-0.2, -0.15) is 0 Å². The van der Waals surface area contributed by atoms with E-state index in [2.05, 4.69) is 11.9 Å². The van der Waals surface area contributed by atoms with Crippen molar-refractivity contribution in [2.75, 3.05) is 20.3 Å². The molecule has 0 spiro atoms. The van der Waals surface area contributed by atoms with Crippen LogP contribution in [-0.2, 0) is 14.3 Å². The van der Waals surface area contributed by atoms with Gasteiger partial charge in [0.15, 0.2) is 0 Å². The maximum absolute atomic E-state index is 11.0. The molecule has 0 aromatic heterocycles. The van der Waals surface area contributed by atoms with Crippen LogP contribution in [0.4, 0.5) is 0 Å². The van der Waals surface area contributed by atoms with Gasteiger partial charge in [0.2, 0.25) is 5.91 Å². The maximum Gasteiger partial charge on any atom is 0.245 e. The molecule has 0 saturated carbocycles. The molecule has 0 aromatic rings. The van der Waals surface area contributed by atoms with E-state index in [1.807, 2.05) is 55.4 Å². The molecular weight excluding hydrogens is 266 g/mol. The van der Waals surface area contributed by atoms with Crippen molar-refractivity contribution in [2.24, 2.45) is 0 Å². The first-order valence-electron chi connectivity index (χ1n) is 7.63. The molecule has 21 heavy (non-hydrogen) atoms. The summed E-state index contributed by atoms with van der Waals surface area (Å²) in [6, 6.07) is 0. The molecule has 4 nitrogen and oxygen atoms in total. The van der Waals surface area contributed by atoms with Crippen LogP contribution in [0.25, 0.3) is 0 Å². The van der Waals surface area contributed by atoms with Gasteiger partial charge in [0.1, 0.15) is 6.61 Å². The Hall–Kier alpha value is -0.870.